The van der Waals surface area contributed by atoms with Crippen molar-refractivity contribution in [2.75, 3.05) is 0 Å². The molecule has 1 heterocycles. The summed E-state index contributed by atoms with van der Waals surface area (Å²) < 4.78 is 5.64. The molecule has 0 bridgehead atoms. The average Bonchev–Trinajstić information content (AvgIpc) is 3.08. The number of rotatable bonds is 3. The van der Waals surface area contributed by atoms with Crippen molar-refractivity contribution in [1.29, 1.82) is 0 Å². The van der Waals surface area contributed by atoms with Crippen molar-refractivity contribution in [2.45, 2.75) is 0 Å². The molecule has 1 aromatic heterocycles. The predicted octanol–water partition coefficient (Wildman–Crippen LogP) is 4.06. The standard InChI is InChI=1S/C20H14N2O3/c23-15-8-5-13(6-9-15)12-21-22-20(24)19-11-17-16-4-2-1-3-14(16)7-10-18(17)25-19/h1-12,23H,(H,22,24)/b21-12+. The molecule has 0 saturated carbocycles. The van der Waals surface area contributed by atoms with E-state index in [9.17, 15) is 9.90 Å². The van der Waals surface area contributed by atoms with Crippen LogP contribution in [0.25, 0.3) is 21.7 Å². The second kappa shape index (κ2) is 6.13. The highest BCUT2D eigenvalue weighted by Gasteiger charge is 2.13. The SMILES string of the molecule is O=C(N/N=C/c1ccc(O)cc1)c1cc2c(ccc3ccccc32)o1. The normalized spacial score (nSPS) is 11.4. The predicted molar refractivity (Wildman–Crippen MR) is 96.9 cm³/mol. The van der Waals surface area contributed by atoms with E-state index in [2.05, 4.69) is 10.5 Å². The Labute approximate surface area is 143 Å². The van der Waals surface area contributed by atoms with Crippen molar-refractivity contribution in [3.05, 3.63) is 78.1 Å². The Morgan fingerprint density at radius 3 is 2.64 bits per heavy atom. The van der Waals surface area contributed by atoms with Gasteiger partial charge in [0.15, 0.2) is 5.76 Å². The second-order valence-electron chi connectivity index (χ2n) is 5.60. The molecule has 0 aliphatic carbocycles. The minimum atomic E-state index is -0.421. The van der Waals surface area contributed by atoms with Crippen LogP contribution in [0, 0.1) is 0 Å². The van der Waals surface area contributed by atoms with Crippen LogP contribution in [0.1, 0.15) is 16.1 Å². The van der Waals surface area contributed by atoms with Gasteiger partial charge < -0.3 is 9.52 Å². The molecule has 4 rings (SSSR count). The summed E-state index contributed by atoms with van der Waals surface area (Å²) in [6.45, 7) is 0. The maximum atomic E-state index is 12.2. The van der Waals surface area contributed by atoms with E-state index < -0.39 is 5.91 Å². The van der Waals surface area contributed by atoms with Crippen LogP contribution in [0.4, 0.5) is 0 Å². The van der Waals surface area contributed by atoms with E-state index in [1.165, 1.54) is 6.21 Å². The van der Waals surface area contributed by atoms with Crippen LogP contribution in [0.15, 0.2) is 76.2 Å². The summed E-state index contributed by atoms with van der Waals surface area (Å²) in [5, 5.41) is 16.2. The van der Waals surface area contributed by atoms with E-state index >= 15 is 0 Å². The lowest BCUT2D eigenvalue weighted by molar-refractivity contribution is 0.0929. The number of benzene rings is 3. The molecule has 0 atom stereocenters. The molecule has 122 valence electrons. The average molecular weight is 330 g/mol. The van der Waals surface area contributed by atoms with Crippen LogP contribution >= 0.6 is 0 Å². The van der Waals surface area contributed by atoms with Gasteiger partial charge in [0.2, 0.25) is 0 Å². The number of carbonyl (C=O) groups excluding carboxylic acids is 1. The molecule has 0 spiro atoms. The molecule has 4 aromatic rings. The van der Waals surface area contributed by atoms with Gasteiger partial charge in [-0.05, 0) is 52.7 Å². The Balaban J connectivity index is 1.57. The lowest BCUT2D eigenvalue weighted by atomic mass is 10.1. The van der Waals surface area contributed by atoms with Gasteiger partial charge in [-0.25, -0.2) is 5.43 Å². The van der Waals surface area contributed by atoms with Crippen molar-refractivity contribution in [1.82, 2.24) is 5.43 Å². The zero-order chi connectivity index (χ0) is 17.2. The van der Waals surface area contributed by atoms with E-state index in [-0.39, 0.29) is 11.5 Å². The molecule has 0 aliphatic rings. The molecule has 25 heavy (non-hydrogen) atoms. The van der Waals surface area contributed by atoms with Gasteiger partial charge >= 0.3 is 5.91 Å². The summed E-state index contributed by atoms with van der Waals surface area (Å²) >= 11 is 0. The minimum absolute atomic E-state index is 0.177. The highest BCUT2D eigenvalue weighted by atomic mass is 16.3. The summed E-state index contributed by atoms with van der Waals surface area (Å²) in [4.78, 5) is 12.2. The molecular formula is C20H14N2O3. The van der Waals surface area contributed by atoms with Gasteiger partial charge in [0.05, 0.1) is 6.21 Å². The fraction of sp³-hybridized carbons (Fsp3) is 0. The summed E-state index contributed by atoms with van der Waals surface area (Å²) in [5.41, 5.74) is 3.86. The number of hydrogen-bond donors (Lipinski definition) is 2. The molecule has 5 heteroatoms. The Morgan fingerprint density at radius 2 is 1.80 bits per heavy atom. The van der Waals surface area contributed by atoms with Crippen LogP contribution in [-0.4, -0.2) is 17.2 Å². The molecule has 0 saturated heterocycles. The third-order valence-corrected chi connectivity index (χ3v) is 3.92. The first-order valence-electron chi connectivity index (χ1n) is 7.74. The monoisotopic (exact) mass is 330 g/mol. The van der Waals surface area contributed by atoms with Gasteiger partial charge in [0.1, 0.15) is 11.3 Å². The van der Waals surface area contributed by atoms with Gasteiger partial charge in [-0.2, -0.15) is 5.10 Å². The number of nitrogens with one attached hydrogen (secondary N) is 1. The summed E-state index contributed by atoms with van der Waals surface area (Å²) in [5.74, 6) is -0.0415. The molecule has 0 fully saturated rings. The van der Waals surface area contributed by atoms with E-state index in [4.69, 9.17) is 4.42 Å². The van der Waals surface area contributed by atoms with Crippen molar-refractivity contribution in [2.24, 2.45) is 5.10 Å². The van der Waals surface area contributed by atoms with Crippen LogP contribution in [-0.2, 0) is 0 Å². The number of furan rings is 1. The van der Waals surface area contributed by atoms with Gasteiger partial charge in [0, 0.05) is 5.39 Å². The molecule has 0 aliphatic heterocycles. The van der Waals surface area contributed by atoms with Crippen LogP contribution in [0.3, 0.4) is 0 Å². The van der Waals surface area contributed by atoms with E-state index in [1.807, 2.05) is 36.4 Å². The van der Waals surface area contributed by atoms with Crippen molar-refractivity contribution >= 4 is 33.9 Å². The lowest BCUT2D eigenvalue weighted by Gasteiger charge is -1.96. The van der Waals surface area contributed by atoms with E-state index in [0.717, 1.165) is 21.7 Å². The Morgan fingerprint density at radius 1 is 1.00 bits per heavy atom. The Hall–Kier alpha value is -3.60. The van der Waals surface area contributed by atoms with Crippen LogP contribution in [0.5, 0.6) is 5.75 Å². The zero-order valence-electron chi connectivity index (χ0n) is 13.1. The number of fused-ring (bicyclic) bond motifs is 3. The number of aromatic hydroxyl groups is 1. The number of phenols is 1. The van der Waals surface area contributed by atoms with Crippen molar-refractivity contribution in [3.8, 4) is 5.75 Å². The second-order valence-corrected chi connectivity index (χ2v) is 5.60. The van der Waals surface area contributed by atoms with Gasteiger partial charge in [-0.3, -0.25) is 4.79 Å². The Bertz CT molecular complexity index is 1100. The van der Waals surface area contributed by atoms with Gasteiger partial charge in [0.25, 0.3) is 0 Å². The number of nitrogens with zero attached hydrogens (tertiary/aromatic N) is 1. The summed E-state index contributed by atoms with van der Waals surface area (Å²) in [6.07, 6.45) is 1.50. The molecule has 0 unspecified atom stereocenters. The number of amides is 1. The molecule has 3 aromatic carbocycles. The van der Waals surface area contributed by atoms with E-state index in [1.54, 1.807) is 30.3 Å². The van der Waals surface area contributed by atoms with Crippen molar-refractivity contribution < 1.29 is 14.3 Å². The zero-order valence-corrected chi connectivity index (χ0v) is 13.1. The number of carbonyl (C=O) groups is 1. The molecular weight excluding hydrogens is 316 g/mol. The maximum absolute atomic E-state index is 12.2. The largest absolute Gasteiger partial charge is 0.508 e. The number of hydrogen-bond acceptors (Lipinski definition) is 4. The molecule has 2 N–H and O–H groups in total. The van der Waals surface area contributed by atoms with Crippen LogP contribution < -0.4 is 5.43 Å². The van der Waals surface area contributed by atoms with Crippen LogP contribution in [0.2, 0.25) is 0 Å². The Kier molecular flexibility index (Phi) is 3.67. The maximum Gasteiger partial charge on any atom is 0.307 e. The topological polar surface area (TPSA) is 74.8 Å². The molecule has 5 nitrogen and oxygen atoms in total. The summed E-state index contributed by atoms with van der Waals surface area (Å²) in [7, 11) is 0. The summed E-state index contributed by atoms with van der Waals surface area (Å²) in [6, 6.07) is 20.0. The first kappa shape index (κ1) is 15.0. The minimum Gasteiger partial charge on any atom is -0.508 e. The number of hydrazone groups is 1. The lowest BCUT2D eigenvalue weighted by Crippen LogP contribution is -2.16. The van der Waals surface area contributed by atoms with Gasteiger partial charge in [-0.1, -0.05) is 30.3 Å². The molecule has 1 amide bonds. The quantitative estimate of drug-likeness (QED) is 0.439. The fourth-order valence-corrected chi connectivity index (χ4v) is 2.69. The highest BCUT2D eigenvalue weighted by molar-refractivity contribution is 6.08. The first-order chi connectivity index (χ1) is 12.2. The van der Waals surface area contributed by atoms with Crippen molar-refractivity contribution in [3.63, 3.8) is 0 Å². The van der Waals surface area contributed by atoms with E-state index in [0.29, 0.717) is 5.58 Å². The smallest absolute Gasteiger partial charge is 0.307 e. The third-order valence-electron chi connectivity index (χ3n) is 3.92. The number of phenolic OH excluding ortho intramolecular Hbond substituents is 1. The fourth-order valence-electron chi connectivity index (χ4n) is 2.69. The molecule has 0 radical (unpaired) electrons. The first-order valence-corrected chi connectivity index (χ1v) is 7.74. The van der Waals surface area contributed by atoms with Gasteiger partial charge in [-0.15, -0.1) is 0 Å². The third kappa shape index (κ3) is 2.95. The highest BCUT2D eigenvalue weighted by Crippen LogP contribution is 2.28.